The van der Waals surface area contributed by atoms with Crippen molar-refractivity contribution >= 4 is 11.6 Å². The average Bonchev–Trinajstić information content (AvgIpc) is 2.62. The first-order valence-corrected chi connectivity index (χ1v) is 6.89. The van der Waals surface area contributed by atoms with E-state index in [1.807, 2.05) is 6.07 Å². The minimum Gasteiger partial charge on any atom is -0.317 e. The fraction of sp³-hybridized carbons (Fsp3) is 0.571. The molecule has 0 spiro atoms. The van der Waals surface area contributed by atoms with Gasteiger partial charge < -0.3 is 5.32 Å². The van der Waals surface area contributed by atoms with Gasteiger partial charge in [0.2, 0.25) is 0 Å². The zero-order valence-corrected chi connectivity index (χ0v) is 11.5. The van der Waals surface area contributed by atoms with Crippen LogP contribution in [0.2, 0.25) is 5.02 Å². The minimum atomic E-state index is -0.329. The zero-order valence-electron chi connectivity index (χ0n) is 10.8. The average molecular weight is 271 g/mol. The number of benzene rings is 1. The van der Waals surface area contributed by atoms with Crippen molar-refractivity contribution in [2.24, 2.45) is 0 Å². The molecule has 1 unspecified atom stereocenters. The molecule has 0 aromatic heterocycles. The van der Waals surface area contributed by atoms with E-state index in [2.05, 4.69) is 17.3 Å². The molecule has 2 rings (SSSR count). The lowest BCUT2D eigenvalue weighted by molar-refractivity contribution is 0.216. The molecule has 0 bridgehead atoms. The molecule has 0 saturated carbocycles. The van der Waals surface area contributed by atoms with Crippen LogP contribution in [-0.2, 0) is 6.54 Å². The molecule has 2 nitrogen and oxygen atoms in total. The second-order valence-corrected chi connectivity index (χ2v) is 5.41. The molecule has 1 aliphatic heterocycles. The Morgan fingerprint density at radius 1 is 1.39 bits per heavy atom. The summed E-state index contributed by atoms with van der Waals surface area (Å²) in [4.78, 5) is 2.32. The number of nitrogens with one attached hydrogen (secondary N) is 1. The van der Waals surface area contributed by atoms with Crippen molar-refractivity contribution in [3.05, 3.63) is 34.6 Å². The van der Waals surface area contributed by atoms with E-state index < -0.39 is 0 Å². The molecule has 0 radical (unpaired) electrons. The predicted octanol–water partition coefficient (Wildman–Crippen LogP) is 3.05. The Balaban J connectivity index is 1.96. The Labute approximate surface area is 113 Å². The van der Waals surface area contributed by atoms with E-state index in [1.54, 1.807) is 6.07 Å². The van der Waals surface area contributed by atoms with Gasteiger partial charge in [-0.1, -0.05) is 17.7 Å². The van der Waals surface area contributed by atoms with Crippen LogP contribution in [0, 0.1) is 5.82 Å². The van der Waals surface area contributed by atoms with Gasteiger partial charge in [0.15, 0.2) is 0 Å². The first-order chi connectivity index (χ1) is 8.66. The van der Waals surface area contributed by atoms with Crippen LogP contribution in [0.15, 0.2) is 18.2 Å². The lowest BCUT2D eigenvalue weighted by atomic mass is 10.1. The van der Waals surface area contributed by atoms with Gasteiger partial charge in [0.1, 0.15) is 5.82 Å². The van der Waals surface area contributed by atoms with Gasteiger partial charge in [0.25, 0.3) is 0 Å². The highest BCUT2D eigenvalue weighted by Gasteiger charge is 2.17. The van der Waals surface area contributed by atoms with Crippen molar-refractivity contribution in [2.75, 3.05) is 20.1 Å². The molecular weight excluding hydrogens is 251 g/mol. The van der Waals surface area contributed by atoms with E-state index in [-0.39, 0.29) is 10.8 Å². The Morgan fingerprint density at radius 3 is 3.00 bits per heavy atom. The summed E-state index contributed by atoms with van der Waals surface area (Å²) in [5.74, 6) is -0.329. The quantitative estimate of drug-likeness (QED) is 0.908. The standard InChI is InChI=1S/C14H20ClFN2/c1-18(12-3-2-7-17-8-6-12)10-11-4-5-13(15)14(16)9-11/h4-5,9,12,17H,2-3,6-8,10H2,1H3. The largest absolute Gasteiger partial charge is 0.317 e. The summed E-state index contributed by atoms with van der Waals surface area (Å²) < 4.78 is 13.4. The molecule has 0 amide bonds. The molecule has 1 N–H and O–H groups in total. The van der Waals surface area contributed by atoms with Crippen LogP contribution in [0.1, 0.15) is 24.8 Å². The summed E-state index contributed by atoms with van der Waals surface area (Å²) in [5.41, 5.74) is 0.983. The fourth-order valence-corrected chi connectivity index (χ4v) is 2.61. The van der Waals surface area contributed by atoms with Crippen molar-refractivity contribution in [1.29, 1.82) is 0 Å². The van der Waals surface area contributed by atoms with Gasteiger partial charge in [-0.25, -0.2) is 4.39 Å². The van der Waals surface area contributed by atoms with Crippen molar-refractivity contribution < 1.29 is 4.39 Å². The van der Waals surface area contributed by atoms with E-state index >= 15 is 0 Å². The van der Waals surface area contributed by atoms with Crippen LogP contribution in [0.3, 0.4) is 0 Å². The molecule has 1 aliphatic rings. The second kappa shape index (κ2) is 6.50. The van der Waals surface area contributed by atoms with Crippen molar-refractivity contribution in [1.82, 2.24) is 10.2 Å². The summed E-state index contributed by atoms with van der Waals surface area (Å²) >= 11 is 5.69. The maximum absolute atomic E-state index is 13.4. The molecule has 1 aromatic rings. The molecule has 0 aliphatic carbocycles. The van der Waals surface area contributed by atoms with Crippen LogP contribution in [0.25, 0.3) is 0 Å². The van der Waals surface area contributed by atoms with Crippen LogP contribution < -0.4 is 5.32 Å². The maximum Gasteiger partial charge on any atom is 0.142 e. The summed E-state index contributed by atoms with van der Waals surface area (Å²) in [6.45, 7) is 2.96. The van der Waals surface area contributed by atoms with E-state index in [0.29, 0.717) is 6.04 Å². The van der Waals surface area contributed by atoms with Gasteiger partial charge in [-0.3, -0.25) is 4.90 Å². The highest BCUT2D eigenvalue weighted by Crippen LogP contribution is 2.19. The molecule has 1 aromatic carbocycles. The van der Waals surface area contributed by atoms with Gasteiger partial charge in [-0.15, -0.1) is 0 Å². The second-order valence-electron chi connectivity index (χ2n) is 5.00. The van der Waals surface area contributed by atoms with Gasteiger partial charge in [-0.2, -0.15) is 0 Å². The first-order valence-electron chi connectivity index (χ1n) is 6.51. The molecule has 1 fully saturated rings. The number of halogens is 2. The van der Waals surface area contributed by atoms with E-state index in [0.717, 1.165) is 31.6 Å². The van der Waals surface area contributed by atoms with E-state index in [1.165, 1.54) is 18.9 Å². The number of hydrogen-bond donors (Lipinski definition) is 1. The smallest absolute Gasteiger partial charge is 0.142 e. The maximum atomic E-state index is 13.4. The van der Waals surface area contributed by atoms with Crippen molar-refractivity contribution in [2.45, 2.75) is 31.8 Å². The van der Waals surface area contributed by atoms with Gasteiger partial charge >= 0.3 is 0 Å². The minimum absolute atomic E-state index is 0.195. The molecule has 1 saturated heterocycles. The lowest BCUT2D eigenvalue weighted by Gasteiger charge is -2.26. The highest BCUT2D eigenvalue weighted by atomic mass is 35.5. The molecule has 18 heavy (non-hydrogen) atoms. The summed E-state index contributed by atoms with van der Waals surface area (Å²) in [7, 11) is 2.11. The normalized spacial score (nSPS) is 21.0. The number of rotatable bonds is 3. The van der Waals surface area contributed by atoms with E-state index in [9.17, 15) is 4.39 Å². The number of nitrogens with zero attached hydrogens (tertiary/aromatic N) is 1. The third kappa shape index (κ3) is 3.67. The third-order valence-electron chi connectivity index (χ3n) is 3.58. The lowest BCUT2D eigenvalue weighted by Crippen LogP contribution is -2.32. The van der Waals surface area contributed by atoms with Crippen LogP contribution in [0.4, 0.5) is 4.39 Å². The highest BCUT2D eigenvalue weighted by molar-refractivity contribution is 6.30. The Bertz CT molecular complexity index is 389. The Kier molecular flexibility index (Phi) is 4.98. The third-order valence-corrected chi connectivity index (χ3v) is 3.89. The summed E-state index contributed by atoms with van der Waals surface area (Å²) in [5, 5.41) is 3.60. The van der Waals surface area contributed by atoms with Crippen LogP contribution in [-0.4, -0.2) is 31.1 Å². The van der Waals surface area contributed by atoms with Gasteiger partial charge in [0.05, 0.1) is 5.02 Å². The first kappa shape index (κ1) is 13.8. The summed E-state index contributed by atoms with van der Waals surface area (Å²) in [6.07, 6.45) is 3.58. The van der Waals surface area contributed by atoms with Gasteiger partial charge in [0, 0.05) is 12.6 Å². The van der Waals surface area contributed by atoms with Crippen LogP contribution in [0.5, 0.6) is 0 Å². The molecule has 1 heterocycles. The van der Waals surface area contributed by atoms with Gasteiger partial charge in [-0.05, 0) is 57.1 Å². The number of hydrogen-bond acceptors (Lipinski definition) is 2. The van der Waals surface area contributed by atoms with E-state index in [4.69, 9.17) is 11.6 Å². The zero-order chi connectivity index (χ0) is 13.0. The monoisotopic (exact) mass is 270 g/mol. The van der Waals surface area contributed by atoms with Crippen LogP contribution >= 0.6 is 11.6 Å². The SMILES string of the molecule is CN(Cc1ccc(Cl)c(F)c1)C1CCCNCC1. The predicted molar refractivity (Wildman–Crippen MR) is 73.4 cm³/mol. The fourth-order valence-electron chi connectivity index (χ4n) is 2.50. The summed E-state index contributed by atoms with van der Waals surface area (Å²) in [6, 6.07) is 5.65. The molecule has 100 valence electrons. The molecule has 4 heteroatoms. The Hall–Kier alpha value is -0.640. The van der Waals surface area contributed by atoms with Crippen molar-refractivity contribution in [3.63, 3.8) is 0 Å². The Morgan fingerprint density at radius 2 is 2.22 bits per heavy atom. The molecular formula is C14H20ClFN2. The molecule has 1 atom stereocenters. The topological polar surface area (TPSA) is 15.3 Å². The van der Waals surface area contributed by atoms with Crippen molar-refractivity contribution in [3.8, 4) is 0 Å².